The number of amidine groups is 1. The van der Waals surface area contributed by atoms with Gasteiger partial charge in [0, 0.05) is 43.0 Å². The third-order valence-electron chi connectivity index (χ3n) is 4.01. The van der Waals surface area contributed by atoms with Crippen LogP contribution in [0.2, 0.25) is 5.02 Å². The number of benzene rings is 1. The van der Waals surface area contributed by atoms with Gasteiger partial charge in [0.2, 0.25) is 0 Å². The van der Waals surface area contributed by atoms with E-state index in [0.29, 0.717) is 35.4 Å². The van der Waals surface area contributed by atoms with Crippen LogP contribution in [-0.2, 0) is 0 Å². The maximum atomic E-state index is 9.26. The highest BCUT2D eigenvalue weighted by molar-refractivity contribution is 8.26. The topological polar surface area (TPSA) is 112 Å². The van der Waals surface area contributed by atoms with Crippen LogP contribution in [0.15, 0.2) is 30.6 Å². The molecule has 1 aliphatic heterocycles. The average Bonchev–Trinajstić information content (AvgIpc) is 3.16. The van der Waals surface area contributed by atoms with Crippen molar-refractivity contribution in [2.75, 3.05) is 26.2 Å². The normalized spacial score (nSPS) is 17.5. The van der Waals surface area contributed by atoms with E-state index in [1.54, 1.807) is 24.5 Å². The Morgan fingerprint density at radius 3 is 2.92 bits per heavy atom. The fourth-order valence-electron chi connectivity index (χ4n) is 2.64. The summed E-state index contributed by atoms with van der Waals surface area (Å²) in [6, 6.07) is 5.44. The molecule has 0 unspecified atom stereocenters. The number of aromatic nitrogens is 2. The monoisotopic (exact) mass is 378 g/mol. The molecule has 0 spiro atoms. The third kappa shape index (κ3) is 4.21. The second-order valence-electron chi connectivity index (χ2n) is 5.70. The summed E-state index contributed by atoms with van der Waals surface area (Å²) in [5.41, 5.74) is 2.44. The van der Waals surface area contributed by atoms with Crippen LogP contribution >= 0.6 is 23.4 Å². The van der Waals surface area contributed by atoms with Gasteiger partial charge in [-0.3, -0.25) is 15.9 Å². The first kappa shape index (κ1) is 17.9. The summed E-state index contributed by atoms with van der Waals surface area (Å²) in [4.78, 5) is 1.87. The minimum atomic E-state index is -0.0401. The predicted molar refractivity (Wildman–Crippen MR) is 102 cm³/mol. The van der Waals surface area contributed by atoms with E-state index in [0.717, 1.165) is 22.9 Å². The standard InChI is InChI=1S/C16H19ClN6OS/c17-14-5-10(11-6-21-22-7-11)1-2-13(14)15(18)25-16(19)23-4-3-20-12(8-23)9-24/h1-2,5-7,12,18-20,24H,3-4,8-9H2,(H,21,22)/t12-/m1/s1. The fourth-order valence-corrected chi connectivity index (χ4v) is 3.74. The van der Waals surface area contributed by atoms with Crippen LogP contribution in [0.4, 0.5) is 0 Å². The Morgan fingerprint density at radius 2 is 2.24 bits per heavy atom. The molecule has 1 saturated heterocycles. The van der Waals surface area contributed by atoms with Crippen molar-refractivity contribution in [1.29, 1.82) is 10.8 Å². The van der Waals surface area contributed by atoms with E-state index < -0.39 is 0 Å². The van der Waals surface area contributed by atoms with E-state index >= 15 is 0 Å². The Kier molecular flexibility index (Phi) is 5.74. The van der Waals surface area contributed by atoms with Crippen molar-refractivity contribution in [2.24, 2.45) is 0 Å². The minimum absolute atomic E-state index is 0.0349. The van der Waals surface area contributed by atoms with E-state index in [9.17, 15) is 5.11 Å². The number of thioether (sulfide) groups is 1. The van der Waals surface area contributed by atoms with Gasteiger partial charge in [-0.2, -0.15) is 5.10 Å². The van der Waals surface area contributed by atoms with Crippen molar-refractivity contribution >= 4 is 33.6 Å². The number of halogens is 1. The molecule has 0 aliphatic carbocycles. The van der Waals surface area contributed by atoms with E-state index in [2.05, 4.69) is 15.5 Å². The largest absolute Gasteiger partial charge is 0.395 e. The van der Waals surface area contributed by atoms with Crippen LogP contribution in [0.3, 0.4) is 0 Å². The number of hydrogen-bond acceptors (Lipinski definition) is 6. The van der Waals surface area contributed by atoms with Crippen LogP contribution in [0.25, 0.3) is 11.1 Å². The Morgan fingerprint density at radius 1 is 1.40 bits per heavy atom. The fraction of sp³-hybridized carbons (Fsp3) is 0.312. The van der Waals surface area contributed by atoms with E-state index in [-0.39, 0.29) is 17.7 Å². The molecular formula is C16H19ClN6OS. The second kappa shape index (κ2) is 8.01. The molecule has 7 nitrogen and oxygen atoms in total. The summed E-state index contributed by atoms with van der Waals surface area (Å²) in [5.74, 6) is 0. The van der Waals surface area contributed by atoms with Gasteiger partial charge >= 0.3 is 0 Å². The highest BCUT2D eigenvalue weighted by Crippen LogP contribution is 2.28. The molecule has 1 atom stereocenters. The molecule has 0 radical (unpaired) electrons. The average molecular weight is 379 g/mol. The molecule has 132 valence electrons. The molecule has 1 fully saturated rings. The number of aromatic amines is 1. The summed E-state index contributed by atoms with van der Waals surface area (Å²) in [6.45, 7) is 1.99. The highest BCUT2D eigenvalue weighted by Gasteiger charge is 2.22. The number of H-pyrrole nitrogens is 1. The molecular weight excluding hydrogens is 360 g/mol. The summed E-state index contributed by atoms with van der Waals surface area (Å²) < 4.78 is 0. The Hall–Kier alpha value is -1.87. The molecule has 0 amide bonds. The molecule has 1 aromatic carbocycles. The number of nitrogens with one attached hydrogen (secondary N) is 4. The van der Waals surface area contributed by atoms with Gasteiger partial charge in [-0.1, -0.05) is 23.7 Å². The molecule has 3 rings (SSSR count). The summed E-state index contributed by atoms with van der Waals surface area (Å²) in [7, 11) is 0. The van der Waals surface area contributed by atoms with E-state index in [1.165, 1.54) is 0 Å². The molecule has 9 heteroatoms. The molecule has 2 heterocycles. The van der Waals surface area contributed by atoms with Crippen LogP contribution in [0.5, 0.6) is 0 Å². The van der Waals surface area contributed by atoms with Crippen LogP contribution in [0, 0.1) is 10.8 Å². The third-order valence-corrected chi connectivity index (χ3v) is 5.20. The number of piperazine rings is 1. The van der Waals surface area contributed by atoms with Gasteiger partial charge in [0.05, 0.1) is 17.8 Å². The van der Waals surface area contributed by atoms with Crippen molar-refractivity contribution in [1.82, 2.24) is 20.4 Å². The quantitative estimate of drug-likeness (QED) is 0.414. The van der Waals surface area contributed by atoms with Crippen LogP contribution < -0.4 is 5.32 Å². The first-order valence-electron chi connectivity index (χ1n) is 7.81. The van der Waals surface area contributed by atoms with Gasteiger partial charge in [0.1, 0.15) is 5.04 Å². The first-order chi connectivity index (χ1) is 12.1. The lowest BCUT2D eigenvalue weighted by Crippen LogP contribution is -2.53. The lowest BCUT2D eigenvalue weighted by Gasteiger charge is -2.34. The lowest BCUT2D eigenvalue weighted by molar-refractivity contribution is 0.192. The minimum Gasteiger partial charge on any atom is -0.395 e. The molecule has 0 saturated carbocycles. The zero-order chi connectivity index (χ0) is 17.8. The first-order valence-corrected chi connectivity index (χ1v) is 9.01. The molecule has 5 N–H and O–H groups in total. The smallest absolute Gasteiger partial charge is 0.162 e. The number of nitrogens with zero attached hydrogens (tertiary/aromatic N) is 2. The van der Waals surface area contributed by atoms with E-state index in [4.69, 9.17) is 22.4 Å². The second-order valence-corrected chi connectivity index (χ2v) is 7.10. The highest BCUT2D eigenvalue weighted by atomic mass is 35.5. The number of rotatable bonds is 3. The van der Waals surface area contributed by atoms with Crippen molar-refractivity contribution < 1.29 is 5.11 Å². The van der Waals surface area contributed by atoms with Crippen molar-refractivity contribution in [3.8, 4) is 11.1 Å². The van der Waals surface area contributed by atoms with Gasteiger partial charge < -0.3 is 15.3 Å². The summed E-state index contributed by atoms with van der Waals surface area (Å²) in [6.07, 6.45) is 3.49. The van der Waals surface area contributed by atoms with E-state index in [1.807, 2.05) is 11.0 Å². The number of aliphatic hydroxyl groups excluding tert-OH is 1. The van der Waals surface area contributed by atoms with Crippen LogP contribution in [-0.4, -0.2) is 62.7 Å². The predicted octanol–water partition coefficient (Wildman–Crippen LogP) is 1.99. The molecule has 0 bridgehead atoms. The van der Waals surface area contributed by atoms with Gasteiger partial charge in [0.25, 0.3) is 0 Å². The SMILES string of the molecule is N=C(SC(=N)N1CCN[C@@H](CO)C1)c1ccc(-c2cn[nH]c2)cc1Cl. The number of aliphatic hydroxyl groups is 1. The zero-order valence-electron chi connectivity index (χ0n) is 13.4. The maximum Gasteiger partial charge on any atom is 0.162 e. The summed E-state index contributed by atoms with van der Waals surface area (Å²) in [5, 5.41) is 36.6. The van der Waals surface area contributed by atoms with Crippen LogP contribution in [0.1, 0.15) is 5.56 Å². The Bertz CT molecular complexity index is 766. The lowest BCUT2D eigenvalue weighted by atomic mass is 10.1. The maximum absolute atomic E-state index is 9.26. The molecule has 1 aromatic heterocycles. The number of hydrogen-bond donors (Lipinski definition) is 5. The van der Waals surface area contributed by atoms with Crippen molar-refractivity contribution in [3.63, 3.8) is 0 Å². The molecule has 2 aromatic rings. The molecule has 1 aliphatic rings. The van der Waals surface area contributed by atoms with Gasteiger partial charge in [-0.25, -0.2) is 0 Å². The zero-order valence-corrected chi connectivity index (χ0v) is 15.0. The van der Waals surface area contributed by atoms with Crippen molar-refractivity contribution in [2.45, 2.75) is 6.04 Å². The van der Waals surface area contributed by atoms with Gasteiger partial charge in [0.15, 0.2) is 5.17 Å². The van der Waals surface area contributed by atoms with Crippen molar-refractivity contribution in [3.05, 3.63) is 41.2 Å². The van der Waals surface area contributed by atoms with Gasteiger partial charge in [-0.05, 0) is 23.4 Å². The Labute approximate surface area is 154 Å². The molecule has 25 heavy (non-hydrogen) atoms. The van der Waals surface area contributed by atoms with Gasteiger partial charge in [-0.15, -0.1) is 0 Å². The summed E-state index contributed by atoms with van der Waals surface area (Å²) >= 11 is 7.41. The Balaban J connectivity index is 1.67.